The van der Waals surface area contributed by atoms with E-state index < -0.39 is 35.5 Å². The highest BCUT2D eigenvalue weighted by molar-refractivity contribution is 6.09. The first-order chi connectivity index (χ1) is 12.7. The molecule has 27 heavy (non-hydrogen) atoms. The molecule has 1 aromatic rings. The number of hydrogen-bond donors (Lipinski definition) is 2. The Morgan fingerprint density at radius 3 is 2.78 bits per heavy atom. The number of carbonyl (C=O) groups excluding carboxylic acids is 3. The number of fused-ring (bicyclic) bond motifs is 2. The van der Waals surface area contributed by atoms with Crippen LogP contribution in [0.3, 0.4) is 0 Å². The van der Waals surface area contributed by atoms with Crippen LogP contribution < -0.4 is 10.6 Å². The summed E-state index contributed by atoms with van der Waals surface area (Å²) >= 11 is 0. The Morgan fingerprint density at radius 2 is 2.11 bits per heavy atom. The third-order valence-electron chi connectivity index (χ3n) is 5.74. The van der Waals surface area contributed by atoms with Crippen molar-refractivity contribution in [2.45, 2.75) is 51.1 Å². The monoisotopic (exact) mass is 368 g/mol. The molecule has 1 fully saturated rings. The lowest BCUT2D eigenvalue weighted by Gasteiger charge is -2.33. The van der Waals surface area contributed by atoms with Gasteiger partial charge in [0.15, 0.2) is 0 Å². The highest BCUT2D eigenvalue weighted by Gasteiger charge is 2.54. The summed E-state index contributed by atoms with van der Waals surface area (Å²) in [5.41, 5.74) is -0.309. The molecule has 1 heterocycles. The maximum Gasteiger partial charge on any atom is 0.325 e. The second-order valence-corrected chi connectivity index (χ2v) is 7.75. The van der Waals surface area contributed by atoms with Crippen molar-refractivity contribution >= 4 is 17.8 Å². The van der Waals surface area contributed by atoms with Gasteiger partial charge in [-0.25, -0.2) is 4.79 Å². The van der Waals surface area contributed by atoms with Gasteiger partial charge in [-0.3, -0.25) is 14.5 Å². The van der Waals surface area contributed by atoms with Gasteiger partial charge in [-0.15, -0.1) is 0 Å². The van der Waals surface area contributed by atoms with Crippen LogP contribution in [0.1, 0.15) is 44.7 Å². The number of carbonyl (C=O) groups is 3. The average molecular weight is 368 g/mol. The van der Waals surface area contributed by atoms with Crippen LogP contribution in [0.15, 0.2) is 24.3 Å². The second-order valence-electron chi connectivity index (χ2n) is 7.75. The Kier molecular flexibility index (Phi) is 4.68. The van der Waals surface area contributed by atoms with Crippen molar-refractivity contribution in [1.82, 2.24) is 15.5 Å². The standard InChI is InChI=1S/C20H24N4O3/c1-13(2)19(3,12-21)22-16(25)11-24-17(26)20(23-18(24)27)10-6-8-14-7-4-5-9-15(14)20/h4-5,7,9,13H,6,8,10-11H2,1-3H3,(H,22,25)(H,23,27)/t19-,20-/m1/s1. The molecule has 1 saturated heterocycles. The minimum atomic E-state index is -1.09. The molecule has 1 spiro atoms. The lowest BCUT2D eigenvalue weighted by Crippen LogP contribution is -2.53. The Labute approximate surface area is 158 Å². The van der Waals surface area contributed by atoms with Crippen molar-refractivity contribution in [1.29, 1.82) is 5.26 Å². The SMILES string of the molecule is CC(C)[C@@](C)(C#N)NC(=O)CN1C(=O)N[C@@]2(CCCc3ccccc32)C1=O. The maximum absolute atomic E-state index is 13.2. The predicted octanol–water partition coefficient (Wildman–Crippen LogP) is 1.82. The largest absolute Gasteiger partial charge is 0.336 e. The summed E-state index contributed by atoms with van der Waals surface area (Å²) in [6, 6.07) is 9.11. The third kappa shape index (κ3) is 3.05. The Morgan fingerprint density at radius 1 is 1.41 bits per heavy atom. The Bertz CT molecular complexity index is 844. The van der Waals surface area contributed by atoms with Gasteiger partial charge < -0.3 is 10.6 Å². The van der Waals surface area contributed by atoms with Gasteiger partial charge in [0, 0.05) is 0 Å². The van der Waals surface area contributed by atoms with Crippen LogP contribution in [0.25, 0.3) is 0 Å². The zero-order valence-electron chi connectivity index (χ0n) is 15.8. The number of nitriles is 1. The van der Waals surface area contributed by atoms with Crippen LogP contribution in [0, 0.1) is 17.2 Å². The first kappa shape index (κ1) is 18.9. The normalized spacial score (nSPS) is 23.6. The minimum Gasteiger partial charge on any atom is -0.336 e. The van der Waals surface area contributed by atoms with Gasteiger partial charge in [0.25, 0.3) is 5.91 Å². The Balaban J connectivity index is 1.82. The van der Waals surface area contributed by atoms with Crippen LogP contribution in [-0.2, 0) is 21.5 Å². The summed E-state index contributed by atoms with van der Waals surface area (Å²) in [7, 11) is 0. The van der Waals surface area contributed by atoms with Crippen molar-refractivity contribution in [2.24, 2.45) is 5.92 Å². The van der Waals surface area contributed by atoms with Gasteiger partial charge in [0.2, 0.25) is 5.91 Å². The van der Waals surface area contributed by atoms with E-state index in [4.69, 9.17) is 0 Å². The molecule has 1 aliphatic heterocycles. The number of benzene rings is 1. The zero-order chi connectivity index (χ0) is 19.8. The van der Waals surface area contributed by atoms with Gasteiger partial charge in [-0.05, 0) is 43.2 Å². The lowest BCUT2D eigenvalue weighted by molar-refractivity contribution is -0.136. The fourth-order valence-corrected chi connectivity index (χ4v) is 3.73. The predicted molar refractivity (Wildman–Crippen MR) is 98.3 cm³/mol. The molecule has 0 aromatic heterocycles. The summed E-state index contributed by atoms with van der Waals surface area (Å²) in [4.78, 5) is 39.1. The van der Waals surface area contributed by atoms with E-state index in [2.05, 4.69) is 16.7 Å². The summed E-state index contributed by atoms with van der Waals surface area (Å²) in [6.07, 6.45) is 2.15. The molecule has 7 heteroatoms. The molecule has 1 aliphatic carbocycles. The molecule has 2 aliphatic rings. The number of nitrogens with zero attached hydrogens (tertiary/aromatic N) is 2. The van der Waals surface area contributed by atoms with Crippen molar-refractivity contribution in [2.75, 3.05) is 6.54 Å². The van der Waals surface area contributed by atoms with Gasteiger partial charge in [-0.1, -0.05) is 38.1 Å². The number of rotatable bonds is 4. The highest BCUT2D eigenvalue weighted by atomic mass is 16.2. The van der Waals surface area contributed by atoms with Crippen LogP contribution in [-0.4, -0.2) is 34.8 Å². The zero-order valence-corrected chi connectivity index (χ0v) is 15.8. The smallest absolute Gasteiger partial charge is 0.325 e. The van der Waals surface area contributed by atoms with E-state index in [-0.39, 0.29) is 5.92 Å². The number of amides is 4. The van der Waals surface area contributed by atoms with Crippen LogP contribution in [0.4, 0.5) is 4.79 Å². The number of hydrogen-bond acceptors (Lipinski definition) is 4. The molecule has 2 N–H and O–H groups in total. The maximum atomic E-state index is 13.2. The summed E-state index contributed by atoms with van der Waals surface area (Å²) in [6.45, 7) is 4.87. The Hall–Kier alpha value is -2.88. The third-order valence-corrected chi connectivity index (χ3v) is 5.74. The van der Waals surface area contributed by atoms with E-state index in [1.807, 2.05) is 38.1 Å². The molecule has 1 aromatic carbocycles. The van der Waals surface area contributed by atoms with E-state index in [9.17, 15) is 19.6 Å². The van der Waals surface area contributed by atoms with Gasteiger partial charge in [0.05, 0.1) is 6.07 Å². The molecule has 2 atom stereocenters. The fourth-order valence-electron chi connectivity index (χ4n) is 3.73. The molecule has 0 saturated carbocycles. The minimum absolute atomic E-state index is 0.119. The van der Waals surface area contributed by atoms with E-state index in [1.54, 1.807) is 6.92 Å². The summed E-state index contributed by atoms with van der Waals surface area (Å²) < 4.78 is 0. The summed E-state index contributed by atoms with van der Waals surface area (Å²) in [5, 5.41) is 14.8. The number of nitrogens with one attached hydrogen (secondary N) is 2. The van der Waals surface area contributed by atoms with Crippen LogP contribution in [0.5, 0.6) is 0 Å². The van der Waals surface area contributed by atoms with Crippen molar-refractivity contribution in [3.8, 4) is 6.07 Å². The van der Waals surface area contributed by atoms with E-state index >= 15 is 0 Å². The molecule has 0 radical (unpaired) electrons. The quantitative estimate of drug-likeness (QED) is 0.792. The lowest BCUT2D eigenvalue weighted by atomic mass is 9.76. The molecular weight excluding hydrogens is 344 g/mol. The van der Waals surface area contributed by atoms with Crippen molar-refractivity contribution in [3.05, 3.63) is 35.4 Å². The molecular formula is C20H24N4O3. The first-order valence-corrected chi connectivity index (χ1v) is 9.18. The first-order valence-electron chi connectivity index (χ1n) is 9.18. The fraction of sp³-hybridized carbons (Fsp3) is 0.500. The highest BCUT2D eigenvalue weighted by Crippen LogP contribution is 2.39. The second kappa shape index (κ2) is 6.69. The number of imide groups is 1. The molecule has 4 amide bonds. The molecule has 7 nitrogen and oxygen atoms in total. The van der Waals surface area contributed by atoms with E-state index in [0.29, 0.717) is 6.42 Å². The topological polar surface area (TPSA) is 102 Å². The van der Waals surface area contributed by atoms with Crippen molar-refractivity contribution < 1.29 is 14.4 Å². The number of urea groups is 1. The van der Waals surface area contributed by atoms with Crippen molar-refractivity contribution in [3.63, 3.8) is 0 Å². The molecule has 0 bridgehead atoms. The van der Waals surface area contributed by atoms with Gasteiger partial charge in [-0.2, -0.15) is 5.26 Å². The van der Waals surface area contributed by atoms with E-state index in [0.717, 1.165) is 28.9 Å². The van der Waals surface area contributed by atoms with Gasteiger partial charge >= 0.3 is 6.03 Å². The summed E-state index contributed by atoms with van der Waals surface area (Å²) in [5.74, 6) is -1.05. The van der Waals surface area contributed by atoms with Crippen LogP contribution >= 0.6 is 0 Å². The van der Waals surface area contributed by atoms with Crippen LogP contribution in [0.2, 0.25) is 0 Å². The van der Waals surface area contributed by atoms with Gasteiger partial charge in [0.1, 0.15) is 17.6 Å². The molecule has 0 unspecified atom stereocenters. The number of aryl methyl sites for hydroxylation is 1. The molecule has 3 rings (SSSR count). The molecule has 142 valence electrons. The van der Waals surface area contributed by atoms with E-state index in [1.165, 1.54) is 0 Å². The average Bonchev–Trinajstić information content (AvgIpc) is 2.86.